The Bertz CT molecular complexity index is 219. The lowest BCUT2D eigenvalue weighted by molar-refractivity contribution is -0.138. The number of esters is 1. The van der Waals surface area contributed by atoms with Crippen LogP contribution in [0.25, 0.3) is 0 Å². The van der Waals surface area contributed by atoms with E-state index in [9.17, 15) is 4.79 Å². The van der Waals surface area contributed by atoms with Crippen molar-refractivity contribution in [3.8, 4) is 0 Å². The Hall–Kier alpha value is -0.790. The van der Waals surface area contributed by atoms with Gasteiger partial charge in [0, 0.05) is 5.57 Å². The number of ether oxygens (including phenoxy) is 1. The van der Waals surface area contributed by atoms with E-state index < -0.39 is 0 Å². The van der Waals surface area contributed by atoms with Crippen molar-refractivity contribution in [1.82, 2.24) is 0 Å². The van der Waals surface area contributed by atoms with Crippen molar-refractivity contribution >= 4 is 5.97 Å². The molecule has 0 amide bonds. The summed E-state index contributed by atoms with van der Waals surface area (Å²) in [6.07, 6.45) is 11.1. The quantitative estimate of drug-likeness (QED) is 0.316. The van der Waals surface area contributed by atoms with Gasteiger partial charge >= 0.3 is 5.97 Å². The number of rotatable bonds is 10. The van der Waals surface area contributed by atoms with Gasteiger partial charge in [0.15, 0.2) is 0 Å². The van der Waals surface area contributed by atoms with Crippen LogP contribution in [0.1, 0.15) is 72.1 Å². The molecule has 2 nitrogen and oxygen atoms in total. The molecule has 0 aliphatic rings. The van der Waals surface area contributed by atoms with Gasteiger partial charge in [-0.25, -0.2) is 4.79 Å². The second-order valence-corrected chi connectivity index (χ2v) is 4.40. The number of carbonyl (C=O) groups excluding carboxylic acids is 1. The zero-order valence-corrected chi connectivity index (χ0v) is 11.8. The lowest BCUT2D eigenvalue weighted by Gasteiger charge is -2.07. The van der Waals surface area contributed by atoms with Gasteiger partial charge in [-0.1, -0.05) is 45.6 Å². The first-order chi connectivity index (χ1) is 8.26. The molecule has 0 spiro atoms. The van der Waals surface area contributed by atoms with Crippen molar-refractivity contribution in [3.63, 3.8) is 0 Å². The highest BCUT2D eigenvalue weighted by Gasteiger charge is 2.09. The third kappa shape index (κ3) is 8.96. The molecule has 0 bridgehead atoms. The third-order valence-electron chi connectivity index (χ3n) is 2.79. The molecule has 0 saturated carbocycles. The predicted octanol–water partition coefficient (Wildman–Crippen LogP) is 4.64. The zero-order chi connectivity index (χ0) is 12.9. The van der Waals surface area contributed by atoms with Crippen LogP contribution in [-0.2, 0) is 9.53 Å². The fraction of sp³-hybridized carbons (Fsp3) is 0.800. The molecule has 0 aromatic heterocycles. The highest BCUT2D eigenvalue weighted by atomic mass is 16.5. The van der Waals surface area contributed by atoms with E-state index in [-0.39, 0.29) is 5.97 Å². The lowest BCUT2D eigenvalue weighted by atomic mass is 10.1. The van der Waals surface area contributed by atoms with Crippen LogP contribution in [-0.4, -0.2) is 12.6 Å². The Labute approximate surface area is 106 Å². The predicted molar refractivity (Wildman–Crippen MR) is 73.0 cm³/mol. The lowest BCUT2D eigenvalue weighted by Crippen LogP contribution is -2.08. The van der Waals surface area contributed by atoms with Crippen LogP contribution in [0.2, 0.25) is 0 Å². The van der Waals surface area contributed by atoms with E-state index in [1.54, 1.807) is 0 Å². The van der Waals surface area contributed by atoms with E-state index in [0.29, 0.717) is 6.61 Å². The molecule has 0 aliphatic carbocycles. The summed E-state index contributed by atoms with van der Waals surface area (Å²) in [6.45, 7) is 6.70. The van der Waals surface area contributed by atoms with Crippen LogP contribution in [0.3, 0.4) is 0 Å². The first kappa shape index (κ1) is 16.2. The summed E-state index contributed by atoms with van der Waals surface area (Å²) in [4.78, 5) is 11.7. The first-order valence-corrected chi connectivity index (χ1v) is 7.12. The Morgan fingerprint density at radius 3 is 2.24 bits per heavy atom. The molecule has 0 rings (SSSR count). The standard InChI is InChI=1S/C15H28O2/c1-4-7-9-11-13-14(12-10-8-5-2)15(16)17-6-3/h13H,4-12H2,1-3H3/b14-13+. The summed E-state index contributed by atoms with van der Waals surface area (Å²) in [5.41, 5.74) is 0.886. The molecule has 2 heteroatoms. The van der Waals surface area contributed by atoms with Crippen LogP contribution in [0.15, 0.2) is 11.6 Å². The van der Waals surface area contributed by atoms with E-state index in [0.717, 1.165) is 24.8 Å². The molecule has 100 valence electrons. The summed E-state index contributed by atoms with van der Waals surface area (Å²) in [5, 5.41) is 0. The van der Waals surface area contributed by atoms with Gasteiger partial charge in [-0.05, 0) is 32.6 Å². The van der Waals surface area contributed by atoms with Crippen molar-refractivity contribution in [3.05, 3.63) is 11.6 Å². The highest BCUT2D eigenvalue weighted by Crippen LogP contribution is 2.13. The van der Waals surface area contributed by atoms with Crippen molar-refractivity contribution in [2.24, 2.45) is 0 Å². The van der Waals surface area contributed by atoms with Crippen LogP contribution in [0, 0.1) is 0 Å². The van der Waals surface area contributed by atoms with Crippen LogP contribution >= 0.6 is 0 Å². The number of allylic oxidation sites excluding steroid dienone is 1. The van der Waals surface area contributed by atoms with Gasteiger partial charge in [0.1, 0.15) is 0 Å². The van der Waals surface area contributed by atoms with E-state index >= 15 is 0 Å². The van der Waals surface area contributed by atoms with Crippen molar-refractivity contribution in [2.75, 3.05) is 6.61 Å². The normalized spacial score (nSPS) is 11.6. The van der Waals surface area contributed by atoms with E-state index in [1.165, 1.54) is 32.1 Å². The second-order valence-electron chi connectivity index (χ2n) is 4.40. The molecule has 0 aromatic rings. The average Bonchev–Trinajstić information content (AvgIpc) is 2.32. The number of unbranched alkanes of at least 4 members (excludes halogenated alkanes) is 5. The van der Waals surface area contributed by atoms with Crippen LogP contribution < -0.4 is 0 Å². The summed E-state index contributed by atoms with van der Waals surface area (Å²) < 4.78 is 5.08. The molecule has 0 N–H and O–H groups in total. The summed E-state index contributed by atoms with van der Waals surface area (Å²) in [7, 11) is 0. The van der Waals surface area contributed by atoms with Gasteiger partial charge in [-0.2, -0.15) is 0 Å². The Morgan fingerprint density at radius 1 is 1.00 bits per heavy atom. The maximum atomic E-state index is 11.7. The molecule has 0 aliphatic heterocycles. The smallest absolute Gasteiger partial charge is 0.333 e. The third-order valence-corrected chi connectivity index (χ3v) is 2.79. The SMILES string of the molecule is CCCCC/C=C(\CCCCC)C(=O)OCC. The van der Waals surface area contributed by atoms with Crippen molar-refractivity contribution in [1.29, 1.82) is 0 Å². The fourth-order valence-corrected chi connectivity index (χ4v) is 1.75. The van der Waals surface area contributed by atoms with Crippen molar-refractivity contribution in [2.45, 2.75) is 72.1 Å². The Balaban J connectivity index is 4.12. The maximum absolute atomic E-state index is 11.7. The van der Waals surface area contributed by atoms with Gasteiger partial charge < -0.3 is 4.74 Å². The van der Waals surface area contributed by atoms with Gasteiger partial charge in [-0.3, -0.25) is 0 Å². The minimum Gasteiger partial charge on any atom is -0.463 e. The van der Waals surface area contributed by atoms with Gasteiger partial charge in [0.2, 0.25) is 0 Å². The van der Waals surface area contributed by atoms with E-state index in [2.05, 4.69) is 19.9 Å². The fourth-order valence-electron chi connectivity index (χ4n) is 1.75. The van der Waals surface area contributed by atoms with Crippen molar-refractivity contribution < 1.29 is 9.53 Å². The molecule has 0 heterocycles. The monoisotopic (exact) mass is 240 g/mol. The molecular weight excluding hydrogens is 212 g/mol. The second kappa shape index (κ2) is 11.7. The molecule has 0 aromatic carbocycles. The minimum atomic E-state index is -0.111. The molecule has 0 saturated heterocycles. The van der Waals surface area contributed by atoms with Gasteiger partial charge in [-0.15, -0.1) is 0 Å². The molecule has 0 fully saturated rings. The largest absolute Gasteiger partial charge is 0.463 e. The summed E-state index contributed by atoms with van der Waals surface area (Å²) in [6, 6.07) is 0. The summed E-state index contributed by atoms with van der Waals surface area (Å²) in [5.74, 6) is -0.111. The molecule has 0 radical (unpaired) electrons. The van der Waals surface area contributed by atoms with Crippen LogP contribution in [0.4, 0.5) is 0 Å². The first-order valence-electron chi connectivity index (χ1n) is 7.12. The molecule has 0 atom stereocenters. The highest BCUT2D eigenvalue weighted by molar-refractivity contribution is 5.88. The number of hydrogen-bond donors (Lipinski definition) is 0. The molecule has 17 heavy (non-hydrogen) atoms. The molecular formula is C15H28O2. The van der Waals surface area contributed by atoms with E-state index in [4.69, 9.17) is 4.74 Å². The summed E-state index contributed by atoms with van der Waals surface area (Å²) >= 11 is 0. The van der Waals surface area contributed by atoms with Gasteiger partial charge in [0.25, 0.3) is 0 Å². The van der Waals surface area contributed by atoms with Crippen LogP contribution in [0.5, 0.6) is 0 Å². The molecule has 0 unspecified atom stereocenters. The number of hydrogen-bond acceptors (Lipinski definition) is 2. The topological polar surface area (TPSA) is 26.3 Å². The number of carbonyl (C=O) groups is 1. The average molecular weight is 240 g/mol. The van der Waals surface area contributed by atoms with E-state index in [1.807, 2.05) is 6.92 Å². The minimum absolute atomic E-state index is 0.111. The zero-order valence-electron chi connectivity index (χ0n) is 11.8. The Morgan fingerprint density at radius 2 is 1.65 bits per heavy atom. The van der Waals surface area contributed by atoms with Gasteiger partial charge in [0.05, 0.1) is 6.61 Å². The Kier molecular flexibility index (Phi) is 11.1. The maximum Gasteiger partial charge on any atom is 0.333 e.